The molecule has 6 heteroatoms. The molecule has 0 N–H and O–H groups in total. The summed E-state index contributed by atoms with van der Waals surface area (Å²) in [6.07, 6.45) is 2.40. The molecule has 1 aliphatic rings. The number of thioether (sulfide) groups is 1. The molecule has 3 rings (SSSR count). The lowest BCUT2D eigenvalue weighted by atomic mass is 10.1. The zero-order chi connectivity index (χ0) is 18.7. The summed E-state index contributed by atoms with van der Waals surface area (Å²) in [5.74, 6) is 0.921. The molecule has 2 amide bonds. The number of rotatable bonds is 5. The highest BCUT2D eigenvalue weighted by atomic mass is 32.2. The molecule has 0 radical (unpaired) electrons. The lowest BCUT2D eigenvalue weighted by Crippen LogP contribution is -2.28. The second-order valence-electron chi connectivity index (χ2n) is 5.61. The van der Waals surface area contributed by atoms with Crippen molar-refractivity contribution in [2.24, 2.45) is 0 Å². The first-order valence-electron chi connectivity index (χ1n) is 8.17. The maximum atomic E-state index is 12.9. The number of para-hydroxylation sites is 1. The van der Waals surface area contributed by atoms with E-state index in [2.05, 4.69) is 0 Å². The van der Waals surface area contributed by atoms with Crippen LogP contribution >= 0.6 is 11.8 Å². The molecule has 0 saturated carbocycles. The summed E-state index contributed by atoms with van der Waals surface area (Å²) in [6.45, 7) is 1.99. The number of amides is 2. The predicted molar refractivity (Wildman–Crippen MR) is 104 cm³/mol. The smallest absolute Gasteiger partial charge is 0.298 e. The number of anilines is 1. The van der Waals surface area contributed by atoms with Gasteiger partial charge in [-0.2, -0.15) is 0 Å². The Balaban J connectivity index is 2.00. The monoisotopic (exact) mass is 369 g/mol. The van der Waals surface area contributed by atoms with Gasteiger partial charge in [0.25, 0.3) is 11.1 Å². The normalized spacial score (nSPS) is 15.7. The van der Waals surface area contributed by atoms with E-state index < -0.39 is 0 Å². The van der Waals surface area contributed by atoms with E-state index >= 15 is 0 Å². The quantitative estimate of drug-likeness (QED) is 0.726. The van der Waals surface area contributed by atoms with E-state index in [1.54, 1.807) is 44.6 Å². The van der Waals surface area contributed by atoms with Gasteiger partial charge in [0.15, 0.2) is 0 Å². The summed E-state index contributed by atoms with van der Waals surface area (Å²) in [5, 5.41) is -0.302. The van der Waals surface area contributed by atoms with Crippen LogP contribution in [0, 0.1) is 0 Å². The highest BCUT2D eigenvalue weighted by molar-refractivity contribution is 8.19. The molecule has 26 heavy (non-hydrogen) atoms. The van der Waals surface area contributed by atoms with Crippen LogP contribution in [0.25, 0.3) is 6.08 Å². The fourth-order valence-electron chi connectivity index (χ4n) is 2.80. The lowest BCUT2D eigenvalue weighted by molar-refractivity contribution is -0.113. The first-order chi connectivity index (χ1) is 12.6. The summed E-state index contributed by atoms with van der Waals surface area (Å²) in [4.78, 5) is 27.0. The van der Waals surface area contributed by atoms with Crippen molar-refractivity contribution in [3.63, 3.8) is 0 Å². The molecule has 0 aliphatic carbocycles. The summed E-state index contributed by atoms with van der Waals surface area (Å²) in [6, 6.07) is 12.8. The molecule has 2 aromatic carbocycles. The summed E-state index contributed by atoms with van der Waals surface area (Å²) >= 11 is 0.925. The largest absolute Gasteiger partial charge is 0.497 e. The van der Waals surface area contributed by atoms with Gasteiger partial charge in [-0.25, -0.2) is 4.90 Å². The number of carbonyl (C=O) groups is 2. The van der Waals surface area contributed by atoms with E-state index in [1.807, 2.05) is 25.1 Å². The first-order valence-corrected chi connectivity index (χ1v) is 8.98. The van der Waals surface area contributed by atoms with Gasteiger partial charge in [0.05, 0.1) is 24.8 Å². The number of benzene rings is 2. The van der Waals surface area contributed by atoms with Crippen molar-refractivity contribution in [2.75, 3.05) is 19.1 Å². The van der Waals surface area contributed by atoms with Crippen LogP contribution in [-0.2, 0) is 11.2 Å². The average Bonchev–Trinajstić information content (AvgIpc) is 2.94. The Morgan fingerprint density at radius 1 is 1.08 bits per heavy atom. The van der Waals surface area contributed by atoms with Crippen LogP contribution in [-0.4, -0.2) is 25.4 Å². The maximum Gasteiger partial charge on any atom is 0.298 e. The Bertz CT molecular complexity index is 891. The van der Waals surface area contributed by atoms with E-state index in [9.17, 15) is 9.59 Å². The summed E-state index contributed by atoms with van der Waals surface area (Å²) < 4.78 is 10.6. The molecule has 0 unspecified atom stereocenters. The SMILES string of the molecule is CCc1ccccc1N1C(=O)S/C(=C\c2cc(OC)ccc2OC)C1=O. The minimum Gasteiger partial charge on any atom is -0.497 e. The van der Waals surface area contributed by atoms with Gasteiger partial charge in [0, 0.05) is 5.56 Å². The van der Waals surface area contributed by atoms with Gasteiger partial charge in [0.1, 0.15) is 11.5 Å². The van der Waals surface area contributed by atoms with Gasteiger partial charge < -0.3 is 9.47 Å². The minimum absolute atomic E-state index is 0.302. The average molecular weight is 369 g/mol. The Morgan fingerprint density at radius 3 is 2.54 bits per heavy atom. The third-order valence-electron chi connectivity index (χ3n) is 4.13. The molecule has 1 heterocycles. The van der Waals surface area contributed by atoms with Crippen LogP contribution in [0.5, 0.6) is 11.5 Å². The molecular weight excluding hydrogens is 350 g/mol. The van der Waals surface area contributed by atoms with Gasteiger partial charge >= 0.3 is 0 Å². The zero-order valence-electron chi connectivity index (χ0n) is 14.8. The fraction of sp³-hybridized carbons (Fsp3) is 0.200. The number of carbonyl (C=O) groups excluding carboxylic acids is 2. The van der Waals surface area contributed by atoms with Gasteiger partial charge in [0.2, 0.25) is 0 Å². The topological polar surface area (TPSA) is 55.8 Å². The Kier molecular flexibility index (Phi) is 5.32. The van der Waals surface area contributed by atoms with E-state index in [0.29, 0.717) is 27.7 Å². The van der Waals surface area contributed by atoms with Crippen molar-refractivity contribution in [3.8, 4) is 11.5 Å². The number of aryl methyl sites for hydroxylation is 1. The number of methoxy groups -OCH3 is 2. The molecule has 1 saturated heterocycles. The second kappa shape index (κ2) is 7.66. The fourth-order valence-corrected chi connectivity index (χ4v) is 3.62. The van der Waals surface area contributed by atoms with Crippen LogP contribution in [0.15, 0.2) is 47.4 Å². The van der Waals surface area contributed by atoms with Crippen molar-refractivity contribution in [2.45, 2.75) is 13.3 Å². The molecule has 1 aliphatic heterocycles. The predicted octanol–water partition coefficient (Wildman–Crippen LogP) is 4.51. The molecule has 1 fully saturated rings. The zero-order valence-corrected chi connectivity index (χ0v) is 15.6. The molecule has 0 bridgehead atoms. The van der Waals surface area contributed by atoms with Crippen LogP contribution in [0.3, 0.4) is 0 Å². The van der Waals surface area contributed by atoms with Crippen molar-refractivity contribution in [3.05, 3.63) is 58.5 Å². The summed E-state index contributed by atoms with van der Waals surface area (Å²) in [7, 11) is 3.13. The summed E-state index contributed by atoms with van der Waals surface area (Å²) in [5.41, 5.74) is 2.27. The highest BCUT2D eigenvalue weighted by Gasteiger charge is 2.37. The first kappa shape index (κ1) is 18.1. The maximum absolute atomic E-state index is 12.9. The van der Waals surface area contributed by atoms with Crippen LogP contribution in [0.4, 0.5) is 10.5 Å². The van der Waals surface area contributed by atoms with Gasteiger partial charge in [-0.1, -0.05) is 25.1 Å². The van der Waals surface area contributed by atoms with Gasteiger partial charge in [-0.05, 0) is 54.1 Å². The molecule has 0 spiro atoms. The van der Waals surface area contributed by atoms with Crippen LogP contribution < -0.4 is 14.4 Å². The Morgan fingerprint density at radius 2 is 1.85 bits per heavy atom. The van der Waals surface area contributed by atoms with Gasteiger partial charge in [-0.15, -0.1) is 0 Å². The van der Waals surface area contributed by atoms with Crippen molar-refractivity contribution in [1.29, 1.82) is 0 Å². The highest BCUT2D eigenvalue weighted by Crippen LogP contribution is 2.38. The third kappa shape index (κ3) is 3.32. The number of hydrogen-bond donors (Lipinski definition) is 0. The lowest BCUT2D eigenvalue weighted by Gasteiger charge is -2.16. The van der Waals surface area contributed by atoms with E-state index in [0.717, 1.165) is 23.7 Å². The molecule has 0 atom stereocenters. The van der Waals surface area contributed by atoms with Crippen molar-refractivity contribution >= 4 is 34.7 Å². The van der Waals surface area contributed by atoms with Gasteiger partial charge in [-0.3, -0.25) is 9.59 Å². The Hall–Kier alpha value is -2.73. The van der Waals surface area contributed by atoms with E-state index in [-0.39, 0.29) is 11.1 Å². The van der Waals surface area contributed by atoms with E-state index in [1.165, 1.54) is 4.90 Å². The Labute approximate surface area is 156 Å². The number of hydrogen-bond acceptors (Lipinski definition) is 5. The number of imide groups is 1. The minimum atomic E-state index is -0.328. The number of ether oxygens (including phenoxy) is 2. The van der Waals surface area contributed by atoms with E-state index in [4.69, 9.17) is 9.47 Å². The molecule has 5 nitrogen and oxygen atoms in total. The van der Waals surface area contributed by atoms with Crippen molar-refractivity contribution in [1.82, 2.24) is 0 Å². The van der Waals surface area contributed by atoms with Crippen LogP contribution in [0.2, 0.25) is 0 Å². The second-order valence-corrected chi connectivity index (χ2v) is 6.60. The van der Waals surface area contributed by atoms with Crippen molar-refractivity contribution < 1.29 is 19.1 Å². The number of nitrogens with zero attached hydrogens (tertiary/aromatic N) is 1. The molecule has 2 aromatic rings. The van der Waals surface area contributed by atoms with Crippen LogP contribution in [0.1, 0.15) is 18.1 Å². The molecule has 134 valence electrons. The molecular formula is C20H19NO4S. The third-order valence-corrected chi connectivity index (χ3v) is 5.00. The molecule has 0 aromatic heterocycles. The standard InChI is InChI=1S/C20H19NO4S/c1-4-13-7-5-6-8-16(13)21-19(22)18(26-20(21)23)12-14-11-15(24-2)9-10-17(14)25-3/h5-12H,4H2,1-3H3/b18-12-.